The van der Waals surface area contributed by atoms with E-state index in [2.05, 4.69) is 15.3 Å². The van der Waals surface area contributed by atoms with Gasteiger partial charge in [0.2, 0.25) is 0 Å². The lowest BCUT2D eigenvalue weighted by molar-refractivity contribution is 0.300. The first kappa shape index (κ1) is 12.8. The van der Waals surface area contributed by atoms with Crippen LogP contribution in [0.15, 0.2) is 36.9 Å². The molecular weight excluding hydrogens is 257 g/mol. The highest BCUT2D eigenvalue weighted by molar-refractivity contribution is 5.56. The summed E-state index contributed by atoms with van der Waals surface area (Å²) in [6, 6.07) is 4.53. The van der Waals surface area contributed by atoms with Crippen LogP contribution in [-0.4, -0.2) is 16.6 Å². The van der Waals surface area contributed by atoms with Gasteiger partial charge in [0, 0.05) is 30.6 Å². The summed E-state index contributed by atoms with van der Waals surface area (Å²) in [7, 11) is 0. The number of aromatic nitrogens is 2. The molecule has 0 unspecified atom stereocenters. The third kappa shape index (κ3) is 3.44. The van der Waals surface area contributed by atoms with Gasteiger partial charge < -0.3 is 10.1 Å². The van der Waals surface area contributed by atoms with Crippen molar-refractivity contribution in [2.45, 2.75) is 19.4 Å². The number of anilines is 1. The smallest absolute Gasteiger partial charge is 0.142 e. The lowest BCUT2D eigenvalue weighted by atomic mass is 10.2. The SMILES string of the molecule is Fc1ccc(OCC2CC2)c(NCc2cncnc2)c1. The van der Waals surface area contributed by atoms with E-state index in [1.165, 1.54) is 31.3 Å². The molecular formula is C15H16FN3O. The Morgan fingerprint density at radius 3 is 2.80 bits per heavy atom. The average molecular weight is 273 g/mol. The molecule has 1 aliphatic rings. The van der Waals surface area contributed by atoms with Crippen LogP contribution in [0.4, 0.5) is 10.1 Å². The third-order valence-corrected chi connectivity index (χ3v) is 3.21. The summed E-state index contributed by atoms with van der Waals surface area (Å²) in [5.41, 5.74) is 1.60. The molecule has 2 aromatic rings. The van der Waals surface area contributed by atoms with Gasteiger partial charge in [0.05, 0.1) is 12.3 Å². The molecule has 104 valence electrons. The van der Waals surface area contributed by atoms with E-state index in [4.69, 9.17) is 4.74 Å². The van der Waals surface area contributed by atoms with Gasteiger partial charge in [-0.25, -0.2) is 14.4 Å². The average Bonchev–Trinajstić information content (AvgIpc) is 3.29. The zero-order chi connectivity index (χ0) is 13.8. The van der Waals surface area contributed by atoms with E-state index in [0.29, 0.717) is 30.5 Å². The van der Waals surface area contributed by atoms with Gasteiger partial charge >= 0.3 is 0 Å². The number of hydrogen-bond acceptors (Lipinski definition) is 4. The van der Waals surface area contributed by atoms with Crippen LogP contribution < -0.4 is 10.1 Å². The minimum absolute atomic E-state index is 0.282. The second kappa shape index (κ2) is 5.86. The highest BCUT2D eigenvalue weighted by Crippen LogP contribution is 2.32. The maximum absolute atomic E-state index is 13.4. The van der Waals surface area contributed by atoms with Crippen molar-refractivity contribution in [1.82, 2.24) is 9.97 Å². The van der Waals surface area contributed by atoms with Crippen LogP contribution in [0.1, 0.15) is 18.4 Å². The number of rotatable bonds is 6. The molecule has 0 amide bonds. The van der Waals surface area contributed by atoms with Crippen LogP contribution in [-0.2, 0) is 6.54 Å². The largest absolute Gasteiger partial charge is 0.491 e. The molecule has 1 aromatic carbocycles. The maximum Gasteiger partial charge on any atom is 0.142 e. The van der Waals surface area contributed by atoms with Crippen molar-refractivity contribution in [3.05, 3.63) is 48.3 Å². The van der Waals surface area contributed by atoms with Crippen molar-refractivity contribution in [1.29, 1.82) is 0 Å². The number of nitrogens with one attached hydrogen (secondary N) is 1. The summed E-state index contributed by atoms with van der Waals surface area (Å²) in [5, 5.41) is 3.17. The Bertz CT molecular complexity index is 573. The summed E-state index contributed by atoms with van der Waals surface area (Å²) in [4.78, 5) is 7.90. The Kier molecular flexibility index (Phi) is 3.76. The van der Waals surface area contributed by atoms with Gasteiger partial charge in [0.1, 0.15) is 17.9 Å². The van der Waals surface area contributed by atoms with Crippen LogP contribution in [0.25, 0.3) is 0 Å². The minimum Gasteiger partial charge on any atom is -0.491 e. The van der Waals surface area contributed by atoms with Gasteiger partial charge in [-0.3, -0.25) is 0 Å². The first-order valence-corrected chi connectivity index (χ1v) is 6.71. The van der Waals surface area contributed by atoms with Gasteiger partial charge in [-0.05, 0) is 30.9 Å². The zero-order valence-corrected chi connectivity index (χ0v) is 11.1. The van der Waals surface area contributed by atoms with Gasteiger partial charge in [0.25, 0.3) is 0 Å². The van der Waals surface area contributed by atoms with Crippen molar-refractivity contribution in [2.75, 3.05) is 11.9 Å². The van der Waals surface area contributed by atoms with Gasteiger partial charge in [-0.2, -0.15) is 0 Å². The second-order valence-electron chi connectivity index (χ2n) is 5.00. The van der Waals surface area contributed by atoms with E-state index >= 15 is 0 Å². The van der Waals surface area contributed by atoms with E-state index in [0.717, 1.165) is 5.56 Å². The minimum atomic E-state index is -0.282. The molecule has 1 N–H and O–H groups in total. The zero-order valence-electron chi connectivity index (χ0n) is 11.1. The molecule has 0 bridgehead atoms. The summed E-state index contributed by atoms with van der Waals surface area (Å²) in [5.74, 6) is 1.07. The molecule has 0 saturated heterocycles. The molecule has 1 saturated carbocycles. The quantitative estimate of drug-likeness (QED) is 0.879. The van der Waals surface area contributed by atoms with E-state index in [1.807, 2.05) is 0 Å². The van der Waals surface area contributed by atoms with E-state index in [-0.39, 0.29) is 5.82 Å². The van der Waals surface area contributed by atoms with Crippen molar-refractivity contribution < 1.29 is 9.13 Å². The highest BCUT2D eigenvalue weighted by Gasteiger charge is 2.22. The van der Waals surface area contributed by atoms with E-state index in [1.54, 1.807) is 18.5 Å². The molecule has 5 heteroatoms. The normalized spacial score (nSPS) is 14.1. The number of nitrogens with zero attached hydrogens (tertiary/aromatic N) is 2. The Hall–Kier alpha value is -2.17. The van der Waals surface area contributed by atoms with Crippen LogP contribution in [0.2, 0.25) is 0 Å². The van der Waals surface area contributed by atoms with Gasteiger partial charge in [-0.1, -0.05) is 0 Å². The number of benzene rings is 1. The van der Waals surface area contributed by atoms with Crippen molar-refractivity contribution >= 4 is 5.69 Å². The van der Waals surface area contributed by atoms with Crippen molar-refractivity contribution in [3.63, 3.8) is 0 Å². The van der Waals surface area contributed by atoms with Crippen molar-refractivity contribution in [2.24, 2.45) is 5.92 Å². The van der Waals surface area contributed by atoms with E-state index < -0.39 is 0 Å². The first-order valence-electron chi connectivity index (χ1n) is 6.71. The molecule has 4 nitrogen and oxygen atoms in total. The van der Waals surface area contributed by atoms with Gasteiger partial charge in [-0.15, -0.1) is 0 Å². The summed E-state index contributed by atoms with van der Waals surface area (Å²) in [6.45, 7) is 1.23. The van der Waals surface area contributed by atoms with Gasteiger partial charge in [0.15, 0.2) is 0 Å². The molecule has 1 aromatic heterocycles. The monoisotopic (exact) mass is 273 g/mol. The van der Waals surface area contributed by atoms with Crippen LogP contribution in [0.5, 0.6) is 5.75 Å². The summed E-state index contributed by atoms with van der Waals surface area (Å²) in [6.07, 6.45) is 7.39. The standard InChI is InChI=1S/C15H16FN3O/c16-13-3-4-15(20-9-11-1-2-11)14(5-13)19-8-12-6-17-10-18-7-12/h3-7,10-11,19H,1-2,8-9H2. The highest BCUT2D eigenvalue weighted by atomic mass is 19.1. The Morgan fingerprint density at radius 2 is 2.05 bits per heavy atom. The molecule has 1 fully saturated rings. The number of halogens is 1. The molecule has 1 aliphatic carbocycles. The Labute approximate surface area is 117 Å². The van der Waals surface area contributed by atoms with Crippen LogP contribution >= 0.6 is 0 Å². The topological polar surface area (TPSA) is 47.0 Å². The summed E-state index contributed by atoms with van der Waals surface area (Å²) >= 11 is 0. The maximum atomic E-state index is 13.4. The Morgan fingerprint density at radius 1 is 1.25 bits per heavy atom. The molecule has 1 heterocycles. The second-order valence-corrected chi connectivity index (χ2v) is 5.00. The number of ether oxygens (including phenoxy) is 1. The first-order chi connectivity index (χ1) is 9.81. The third-order valence-electron chi connectivity index (χ3n) is 3.21. The van der Waals surface area contributed by atoms with Crippen molar-refractivity contribution in [3.8, 4) is 5.75 Å². The van der Waals surface area contributed by atoms with Crippen LogP contribution in [0, 0.1) is 11.7 Å². The predicted molar refractivity (Wildman–Crippen MR) is 74.0 cm³/mol. The fourth-order valence-corrected chi connectivity index (χ4v) is 1.88. The molecule has 20 heavy (non-hydrogen) atoms. The fourth-order valence-electron chi connectivity index (χ4n) is 1.88. The molecule has 0 radical (unpaired) electrons. The molecule has 0 atom stereocenters. The predicted octanol–water partition coefficient (Wildman–Crippen LogP) is 3.02. The Balaban J connectivity index is 1.67. The molecule has 0 aliphatic heterocycles. The fraction of sp³-hybridized carbons (Fsp3) is 0.333. The van der Waals surface area contributed by atoms with Crippen LogP contribution in [0.3, 0.4) is 0 Å². The summed E-state index contributed by atoms with van der Waals surface area (Å²) < 4.78 is 19.1. The van der Waals surface area contributed by atoms with E-state index in [9.17, 15) is 4.39 Å². The molecule has 0 spiro atoms. The molecule has 3 rings (SSSR count). The number of hydrogen-bond donors (Lipinski definition) is 1. The lowest BCUT2D eigenvalue weighted by Gasteiger charge is -2.13. The lowest BCUT2D eigenvalue weighted by Crippen LogP contribution is -2.05.